The Balaban J connectivity index is 1.05. The van der Waals surface area contributed by atoms with E-state index in [-0.39, 0.29) is 0 Å². The molecule has 0 fully saturated rings. The number of benzene rings is 10. The average molecular weight is 739 g/mol. The Labute approximate surface area is 338 Å². The molecule has 1 aromatic heterocycles. The summed E-state index contributed by atoms with van der Waals surface area (Å²) in [4.78, 5) is 2.42. The topological polar surface area (TPSA) is 8.17 Å². The molecule has 0 atom stereocenters. The highest BCUT2D eigenvalue weighted by Crippen LogP contribution is 2.44. The number of anilines is 3. The fourth-order valence-electron chi connectivity index (χ4n) is 8.79. The third-order valence-corrected chi connectivity index (χ3v) is 11.6. The standard InChI is InChI=1S/C56H38N2/c1-2-19-47(20-3-1)58-53-24-9-8-22-52(53)56-54(25-12-26-55(56)58)57(49-35-31-41(32-36-49)45-28-27-39-13-4-5-15-43(39)37-45)48-33-29-40(30-34-48)44-17-10-18-46(38-44)51-23-11-16-42-14-6-7-21-50(42)51/h1-38H. The maximum absolute atomic E-state index is 2.42. The number of fused-ring (bicyclic) bond motifs is 5. The fourth-order valence-corrected chi connectivity index (χ4v) is 8.79. The van der Waals surface area contributed by atoms with Crippen LogP contribution in [0, 0.1) is 0 Å². The molecule has 1 heterocycles. The first-order valence-corrected chi connectivity index (χ1v) is 19.9. The van der Waals surface area contributed by atoms with Gasteiger partial charge in [-0.1, -0.05) is 164 Å². The van der Waals surface area contributed by atoms with Crippen LogP contribution in [-0.4, -0.2) is 4.57 Å². The van der Waals surface area contributed by atoms with E-state index < -0.39 is 0 Å². The minimum absolute atomic E-state index is 1.09. The van der Waals surface area contributed by atoms with Crippen molar-refractivity contribution in [3.8, 4) is 39.1 Å². The van der Waals surface area contributed by atoms with Gasteiger partial charge < -0.3 is 9.47 Å². The van der Waals surface area contributed by atoms with Crippen LogP contribution in [0.4, 0.5) is 17.1 Å². The van der Waals surface area contributed by atoms with Gasteiger partial charge in [-0.25, -0.2) is 0 Å². The van der Waals surface area contributed by atoms with Gasteiger partial charge in [0.05, 0.1) is 16.7 Å². The molecule has 11 aromatic rings. The van der Waals surface area contributed by atoms with Crippen molar-refractivity contribution in [3.05, 3.63) is 231 Å². The highest BCUT2D eigenvalue weighted by Gasteiger charge is 2.21. The number of para-hydroxylation sites is 2. The summed E-state index contributed by atoms with van der Waals surface area (Å²) in [6.45, 7) is 0. The summed E-state index contributed by atoms with van der Waals surface area (Å²) in [7, 11) is 0. The van der Waals surface area contributed by atoms with Crippen molar-refractivity contribution in [2.75, 3.05) is 4.90 Å². The Bertz CT molecular complexity index is 3260. The fraction of sp³-hybridized carbons (Fsp3) is 0. The number of nitrogens with zero attached hydrogens (tertiary/aromatic N) is 2. The Morgan fingerprint density at radius 3 is 1.64 bits per heavy atom. The van der Waals surface area contributed by atoms with E-state index in [9.17, 15) is 0 Å². The second-order valence-corrected chi connectivity index (χ2v) is 15.0. The Morgan fingerprint density at radius 1 is 0.310 bits per heavy atom. The number of rotatable bonds is 7. The molecule has 0 spiro atoms. The monoisotopic (exact) mass is 738 g/mol. The maximum atomic E-state index is 2.42. The highest BCUT2D eigenvalue weighted by molar-refractivity contribution is 6.16. The zero-order valence-corrected chi connectivity index (χ0v) is 31.8. The van der Waals surface area contributed by atoms with Crippen molar-refractivity contribution in [2.45, 2.75) is 0 Å². The van der Waals surface area contributed by atoms with Crippen LogP contribution in [0.2, 0.25) is 0 Å². The molecule has 0 aliphatic carbocycles. The lowest BCUT2D eigenvalue weighted by molar-refractivity contribution is 1.18. The van der Waals surface area contributed by atoms with Crippen molar-refractivity contribution in [2.24, 2.45) is 0 Å². The quantitative estimate of drug-likeness (QED) is 0.158. The summed E-state index contributed by atoms with van der Waals surface area (Å²) < 4.78 is 2.39. The molecule has 0 unspecified atom stereocenters. The summed E-state index contributed by atoms with van der Waals surface area (Å²) in [6.07, 6.45) is 0. The van der Waals surface area contributed by atoms with Gasteiger partial charge in [-0.05, 0) is 122 Å². The van der Waals surface area contributed by atoms with Gasteiger partial charge in [-0.2, -0.15) is 0 Å². The lowest BCUT2D eigenvalue weighted by Crippen LogP contribution is -2.10. The molecule has 11 rings (SSSR count). The minimum atomic E-state index is 1.09. The van der Waals surface area contributed by atoms with Crippen LogP contribution in [0.15, 0.2) is 231 Å². The maximum Gasteiger partial charge on any atom is 0.0562 e. The molecule has 0 amide bonds. The van der Waals surface area contributed by atoms with Gasteiger partial charge in [0.2, 0.25) is 0 Å². The van der Waals surface area contributed by atoms with Gasteiger partial charge in [-0.15, -0.1) is 0 Å². The van der Waals surface area contributed by atoms with E-state index in [1.807, 2.05) is 0 Å². The van der Waals surface area contributed by atoms with E-state index in [4.69, 9.17) is 0 Å². The van der Waals surface area contributed by atoms with Crippen LogP contribution >= 0.6 is 0 Å². The normalized spacial score (nSPS) is 11.4. The third kappa shape index (κ3) is 5.82. The van der Waals surface area contributed by atoms with E-state index in [0.29, 0.717) is 0 Å². The summed E-state index contributed by atoms with van der Waals surface area (Å²) in [5.41, 5.74) is 14.1. The predicted octanol–water partition coefficient (Wildman–Crippen LogP) is 15.6. The smallest absolute Gasteiger partial charge is 0.0562 e. The SMILES string of the molecule is c1ccc(-n2c3ccccc3c3c(N(c4ccc(-c5cccc(-c6cccc7ccccc67)c5)cc4)c4ccc(-c5ccc6ccccc6c5)cc4)cccc32)cc1. The first kappa shape index (κ1) is 33.6. The lowest BCUT2D eigenvalue weighted by Gasteiger charge is -2.27. The van der Waals surface area contributed by atoms with Crippen molar-refractivity contribution in [1.29, 1.82) is 0 Å². The van der Waals surface area contributed by atoms with Crippen molar-refractivity contribution < 1.29 is 0 Å². The predicted molar refractivity (Wildman–Crippen MR) is 247 cm³/mol. The molecule has 0 bridgehead atoms. The summed E-state index contributed by atoms with van der Waals surface area (Å²) >= 11 is 0. The Morgan fingerprint density at radius 2 is 0.862 bits per heavy atom. The van der Waals surface area contributed by atoms with Crippen LogP contribution < -0.4 is 4.90 Å². The minimum Gasteiger partial charge on any atom is -0.310 e. The molecule has 0 saturated heterocycles. The van der Waals surface area contributed by atoms with Crippen LogP contribution in [-0.2, 0) is 0 Å². The molecule has 58 heavy (non-hydrogen) atoms. The summed E-state index contributed by atoms with van der Waals surface area (Å²) in [5.74, 6) is 0. The number of hydrogen-bond donors (Lipinski definition) is 0. The van der Waals surface area contributed by atoms with Gasteiger partial charge in [0.1, 0.15) is 0 Å². The van der Waals surface area contributed by atoms with Gasteiger partial charge in [0, 0.05) is 27.8 Å². The van der Waals surface area contributed by atoms with Crippen LogP contribution in [0.25, 0.3) is 82.4 Å². The van der Waals surface area contributed by atoms with Gasteiger partial charge in [-0.3, -0.25) is 0 Å². The average Bonchev–Trinajstić information content (AvgIpc) is 3.65. The summed E-state index contributed by atoms with van der Waals surface area (Å²) in [5, 5.41) is 7.45. The Hall–Kier alpha value is -7.68. The lowest BCUT2D eigenvalue weighted by atomic mass is 9.95. The van der Waals surface area contributed by atoms with E-state index in [2.05, 4.69) is 240 Å². The zero-order valence-electron chi connectivity index (χ0n) is 31.8. The van der Waals surface area contributed by atoms with E-state index >= 15 is 0 Å². The van der Waals surface area contributed by atoms with Gasteiger partial charge in [0.25, 0.3) is 0 Å². The van der Waals surface area contributed by atoms with Crippen LogP contribution in [0.1, 0.15) is 0 Å². The van der Waals surface area contributed by atoms with Crippen molar-refractivity contribution in [3.63, 3.8) is 0 Å². The number of aromatic nitrogens is 1. The second-order valence-electron chi connectivity index (χ2n) is 15.0. The van der Waals surface area contributed by atoms with Crippen LogP contribution in [0.3, 0.4) is 0 Å². The first-order valence-electron chi connectivity index (χ1n) is 19.9. The molecule has 0 N–H and O–H groups in total. The zero-order chi connectivity index (χ0) is 38.4. The molecular formula is C56H38N2. The van der Waals surface area contributed by atoms with Crippen LogP contribution in [0.5, 0.6) is 0 Å². The molecule has 10 aromatic carbocycles. The highest BCUT2D eigenvalue weighted by atomic mass is 15.1. The van der Waals surface area contributed by atoms with Gasteiger partial charge in [0.15, 0.2) is 0 Å². The molecule has 2 heteroatoms. The second kappa shape index (κ2) is 14.1. The van der Waals surface area contributed by atoms with E-state index in [0.717, 1.165) is 22.7 Å². The van der Waals surface area contributed by atoms with Gasteiger partial charge >= 0.3 is 0 Å². The summed E-state index contributed by atoms with van der Waals surface area (Å²) in [6, 6.07) is 83.7. The third-order valence-electron chi connectivity index (χ3n) is 11.6. The first-order chi connectivity index (χ1) is 28.8. The molecule has 0 aliphatic rings. The van der Waals surface area contributed by atoms with Crippen molar-refractivity contribution in [1.82, 2.24) is 4.57 Å². The van der Waals surface area contributed by atoms with Crippen molar-refractivity contribution >= 4 is 60.4 Å². The van der Waals surface area contributed by atoms with E-state index in [1.165, 1.54) is 76.7 Å². The molecule has 272 valence electrons. The van der Waals surface area contributed by atoms with E-state index in [1.54, 1.807) is 0 Å². The number of hydrogen-bond acceptors (Lipinski definition) is 1. The molecular weight excluding hydrogens is 701 g/mol. The molecule has 2 nitrogen and oxygen atoms in total. The molecule has 0 aliphatic heterocycles. The molecule has 0 saturated carbocycles. The Kier molecular flexibility index (Phi) is 8.19. The molecule has 0 radical (unpaired) electrons. The largest absolute Gasteiger partial charge is 0.310 e.